The van der Waals surface area contributed by atoms with Gasteiger partial charge in [-0.3, -0.25) is 18.6 Å². The molecule has 0 aliphatic carbocycles. The lowest BCUT2D eigenvalue weighted by atomic mass is 10.2. The standard InChI is InChI=1S/C15H17NO7P2/c1-24(19)15(18,9-11-5-4-8-16-10-11)25(20,21)23-14(22-24)12-6-2-3-7-13(12)17/h2-8,10,14,17-19H,1,9H2,(H,20,21). The van der Waals surface area contributed by atoms with Crippen LogP contribution >= 0.6 is 14.9 Å². The molecule has 0 radical (unpaired) electrons. The number of hydrogen-bond donors (Lipinski definition) is 4. The van der Waals surface area contributed by atoms with Gasteiger partial charge >= 0.3 is 7.60 Å². The number of hydrogen-bond acceptors (Lipinski definition) is 7. The summed E-state index contributed by atoms with van der Waals surface area (Å²) < 4.78 is 23.1. The number of aromatic nitrogens is 1. The molecule has 0 saturated carbocycles. The maximum absolute atomic E-state index is 12.7. The van der Waals surface area contributed by atoms with Gasteiger partial charge in [-0.1, -0.05) is 24.3 Å². The molecule has 1 aromatic heterocycles. The molecule has 134 valence electrons. The lowest BCUT2D eigenvalue weighted by Gasteiger charge is -2.45. The lowest BCUT2D eigenvalue weighted by molar-refractivity contribution is -0.0483. The van der Waals surface area contributed by atoms with Crippen LogP contribution in [0.1, 0.15) is 17.4 Å². The molecule has 4 atom stereocenters. The van der Waals surface area contributed by atoms with Gasteiger partial charge in [-0.25, -0.2) is 0 Å². The normalized spacial score (nSPS) is 35.4. The van der Waals surface area contributed by atoms with Crippen molar-refractivity contribution in [3.05, 3.63) is 59.9 Å². The monoisotopic (exact) mass is 385 g/mol. The molecule has 1 aliphatic heterocycles. The fourth-order valence-corrected chi connectivity index (χ4v) is 6.44. The minimum absolute atomic E-state index is 0.0438. The van der Waals surface area contributed by atoms with Gasteiger partial charge in [0.25, 0.3) is 0 Å². The van der Waals surface area contributed by atoms with Gasteiger partial charge in [-0.2, -0.15) is 0 Å². The highest BCUT2D eigenvalue weighted by Crippen LogP contribution is 2.79. The number of aromatic hydroxyl groups is 1. The van der Waals surface area contributed by atoms with E-state index in [9.17, 15) is 24.6 Å². The predicted octanol–water partition coefficient (Wildman–Crippen LogP) is 2.18. The summed E-state index contributed by atoms with van der Waals surface area (Å²) in [5, 5.41) is 18.1. The third-order valence-corrected chi connectivity index (χ3v) is 8.93. The number of pyridine rings is 1. The molecule has 25 heavy (non-hydrogen) atoms. The van der Waals surface area contributed by atoms with Crippen molar-refractivity contribution in [2.45, 2.75) is 17.8 Å². The van der Waals surface area contributed by atoms with Crippen molar-refractivity contribution in [1.82, 2.24) is 4.98 Å². The number of phenols is 1. The van der Waals surface area contributed by atoms with Crippen molar-refractivity contribution in [2.24, 2.45) is 0 Å². The van der Waals surface area contributed by atoms with Crippen LogP contribution in [0.5, 0.6) is 5.75 Å². The first kappa shape index (κ1) is 18.3. The van der Waals surface area contributed by atoms with E-state index in [4.69, 9.17) is 9.05 Å². The first-order valence-corrected chi connectivity index (χ1v) is 10.6. The third-order valence-electron chi connectivity index (χ3n) is 3.88. The van der Waals surface area contributed by atoms with Crippen LogP contribution in [-0.4, -0.2) is 36.4 Å². The van der Waals surface area contributed by atoms with Gasteiger partial charge in [0.2, 0.25) is 11.4 Å². The highest BCUT2D eigenvalue weighted by molar-refractivity contribution is 7.78. The van der Waals surface area contributed by atoms with Gasteiger partial charge in [0.15, 0.2) is 7.34 Å². The van der Waals surface area contributed by atoms with Crippen LogP contribution in [0.15, 0.2) is 48.8 Å². The Bertz CT molecular complexity index is 847. The van der Waals surface area contributed by atoms with Crippen LogP contribution in [-0.2, 0) is 20.0 Å². The highest BCUT2D eigenvalue weighted by atomic mass is 31.2. The van der Waals surface area contributed by atoms with Gasteiger partial charge in [-0.15, -0.1) is 0 Å². The van der Waals surface area contributed by atoms with Crippen molar-refractivity contribution in [1.29, 1.82) is 0 Å². The number of nitrogens with zero attached hydrogens (tertiary/aromatic N) is 1. The molecule has 8 nitrogen and oxygen atoms in total. The molecule has 3 rings (SSSR count). The quantitative estimate of drug-likeness (QED) is 0.592. The van der Waals surface area contributed by atoms with E-state index in [0.29, 0.717) is 5.56 Å². The minimum atomic E-state index is -4.81. The Kier molecular flexibility index (Phi) is 4.64. The first-order chi connectivity index (χ1) is 11.7. The molecule has 4 N–H and O–H groups in total. The topological polar surface area (TPSA) is 129 Å². The Morgan fingerprint density at radius 3 is 2.52 bits per heavy atom. The van der Waals surface area contributed by atoms with Crippen molar-refractivity contribution in [3.8, 4) is 5.75 Å². The van der Waals surface area contributed by atoms with Crippen LogP contribution in [0.4, 0.5) is 0 Å². The first-order valence-electron chi connectivity index (χ1n) is 7.21. The minimum Gasteiger partial charge on any atom is -0.507 e. The van der Waals surface area contributed by atoms with Crippen molar-refractivity contribution in [2.75, 3.05) is 0 Å². The Hall–Kier alpha value is -1.50. The average molecular weight is 385 g/mol. The summed E-state index contributed by atoms with van der Waals surface area (Å²) >= 11 is 0. The molecule has 10 heteroatoms. The zero-order chi connectivity index (χ0) is 18.3. The van der Waals surface area contributed by atoms with Crippen LogP contribution < -0.4 is 0 Å². The van der Waals surface area contributed by atoms with Crippen molar-refractivity contribution < 1.29 is 33.6 Å². The SMILES string of the molecule is C=P1(O)OC(c2ccccc2O)OP(=O)(O)C1(O)Cc1cccnc1. The Balaban J connectivity index is 2.00. The fraction of sp³-hybridized carbons (Fsp3) is 0.200. The van der Waals surface area contributed by atoms with E-state index in [1.807, 2.05) is 0 Å². The second-order valence-corrected chi connectivity index (χ2v) is 10.3. The third kappa shape index (κ3) is 3.18. The molecule has 4 unspecified atom stereocenters. The smallest absolute Gasteiger partial charge is 0.371 e. The number of para-hydroxylation sites is 1. The van der Waals surface area contributed by atoms with E-state index < -0.39 is 32.7 Å². The summed E-state index contributed by atoms with van der Waals surface area (Å²) in [5.41, 5.74) is 0.442. The van der Waals surface area contributed by atoms with E-state index >= 15 is 0 Å². The number of phenolic OH excluding ortho intramolecular Hbond substituents is 1. The Labute approximate surface area is 144 Å². The highest BCUT2D eigenvalue weighted by Gasteiger charge is 2.62. The molecule has 1 aliphatic rings. The Morgan fingerprint density at radius 2 is 1.92 bits per heavy atom. The van der Waals surface area contributed by atoms with Crippen molar-refractivity contribution in [3.63, 3.8) is 0 Å². The lowest BCUT2D eigenvalue weighted by Crippen LogP contribution is -2.38. The summed E-state index contributed by atoms with van der Waals surface area (Å²) in [6.45, 7) is 0. The Morgan fingerprint density at radius 1 is 1.20 bits per heavy atom. The fourth-order valence-electron chi connectivity index (χ4n) is 2.47. The molecule has 1 aromatic carbocycles. The van der Waals surface area contributed by atoms with Crippen LogP contribution in [0.2, 0.25) is 0 Å². The van der Waals surface area contributed by atoms with Gasteiger partial charge in [-0.05, 0) is 24.0 Å². The van der Waals surface area contributed by atoms with Gasteiger partial charge < -0.3 is 20.0 Å². The molecule has 1 saturated heterocycles. The van der Waals surface area contributed by atoms with Gasteiger partial charge in [0.05, 0.1) is 5.56 Å². The van der Waals surface area contributed by atoms with Crippen LogP contribution in [0.25, 0.3) is 0 Å². The van der Waals surface area contributed by atoms with E-state index in [-0.39, 0.29) is 11.3 Å². The van der Waals surface area contributed by atoms with Crippen molar-refractivity contribution >= 4 is 21.2 Å². The maximum Gasteiger partial charge on any atom is 0.371 e. The second-order valence-electron chi connectivity index (χ2n) is 5.64. The van der Waals surface area contributed by atoms with Crippen LogP contribution in [0, 0.1) is 0 Å². The van der Waals surface area contributed by atoms with E-state index in [2.05, 4.69) is 11.3 Å². The summed E-state index contributed by atoms with van der Waals surface area (Å²) in [4.78, 5) is 24.8. The summed E-state index contributed by atoms with van der Waals surface area (Å²) in [5.74, 6) is -0.245. The maximum atomic E-state index is 12.7. The average Bonchev–Trinajstić information content (AvgIpc) is 2.54. The molecule has 2 aromatic rings. The molecule has 2 heterocycles. The van der Waals surface area contributed by atoms with Crippen LogP contribution in [0.3, 0.4) is 0 Å². The number of aliphatic hydroxyl groups is 1. The van der Waals surface area contributed by atoms with E-state index in [1.165, 1.54) is 24.5 Å². The molecule has 1 fully saturated rings. The molecular weight excluding hydrogens is 368 g/mol. The summed E-state index contributed by atoms with van der Waals surface area (Å²) in [7, 11) is -8.87. The summed E-state index contributed by atoms with van der Waals surface area (Å²) in [6, 6.07) is 9.00. The molecule has 0 amide bonds. The number of benzene rings is 1. The zero-order valence-electron chi connectivity index (χ0n) is 13.0. The largest absolute Gasteiger partial charge is 0.507 e. The summed E-state index contributed by atoms with van der Waals surface area (Å²) in [6.07, 6.45) is 4.37. The van der Waals surface area contributed by atoms with E-state index in [1.54, 1.807) is 24.3 Å². The van der Waals surface area contributed by atoms with E-state index in [0.717, 1.165) is 0 Å². The number of rotatable bonds is 3. The van der Waals surface area contributed by atoms with Gasteiger partial charge in [0, 0.05) is 18.8 Å². The zero-order valence-corrected chi connectivity index (χ0v) is 14.8. The molecule has 0 spiro atoms. The molecular formula is C15H17NO7P2. The molecule has 0 bridgehead atoms. The second kappa shape index (κ2) is 6.34. The predicted molar refractivity (Wildman–Crippen MR) is 92.0 cm³/mol. The van der Waals surface area contributed by atoms with Gasteiger partial charge in [0.1, 0.15) is 5.75 Å².